The van der Waals surface area contributed by atoms with Crippen molar-refractivity contribution in [1.29, 1.82) is 0 Å². The van der Waals surface area contributed by atoms with E-state index in [4.69, 9.17) is 14.5 Å². The topological polar surface area (TPSA) is 90.1 Å². The van der Waals surface area contributed by atoms with Gasteiger partial charge in [-0.15, -0.1) is 0 Å². The zero-order chi connectivity index (χ0) is 26.4. The van der Waals surface area contributed by atoms with Crippen LogP contribution in [0.5, 0.6) is 11.5 Å². The summed E-state index contributed by atoms with van der Waals surface area (Å²) in [5.74, 6) is -0.0358. The minimum absolute atomic E-state index is 0.0350. The number of carbonyl (C=O) groups excluding carboxylic acids is 1. The molecule has 1 atom stereocenters. The molecular formula is C30H24N2O5S. The van der Waals surface area contributed by atoms with Crippen molar-refractivity contribution >= 4 is 29.1 Å². The summed E-state index contributed by atoms with van der Waals surface area (Å²) in [7, 11) is 2.84. The number of benzene rings is 3. The number of methoxy groups -OCH3 is 2. The van der Waals surface area contributed by atoms with E-state index in [-0.39, 0.29) is 17.4 Å². The summed E-state index contributed by atoms with van der Waals surface area (Å²) in [6, 6.07) is 20.1. The number of fused-ring (bicyclic) bond motifs is 3. The molecule has 1 aromatic heterocycles. The van der Waals surface area contributed by atoms with Crippen LogP contribution in [0, 0.1) is 0 Å². The SMILES string of the molecule is COC(=O)c1ccc(C2C3=C(N=c4sc(=Cc5ccc(O)c(OC)c5)c(=O)n42)c2ccccc2CC3)cc1. The number of carbonyl (C=O) groups is 1. The zero-order valence-corrected chi connectivity index (χ0v) is 21.6. The zero-order valence-electron chi connectivity index (χ0n) is 20.8. The number of phenols is 1. The maximum Gasteiger partial charge on any atom is 0.337 e. The Morgan fingerprint density at radius 1 is 1.08 bits per heavy atom. The second-order valence-corrected chi connectivity index (χ2v) is 10.2. The first-order valence-corrected chi connectivity index (χ1v) is 13.0. The van der Waals surface area contributed by atoms with Gasteiger partial charge in [-0.3, -0.25) is 9.36 Å². The number of allylic oxidation sites excluding steroid dienone is 1. The maximum absolute atomic E-state index is 13.9. The molecule has 1 N–H and O–H groups in total. The minimum Gasteiger partial charge on any atom is -0.504 e. The van der Waals surface area contributed by atoms with Gasteiger partial charge in [0.15, 0.2) is 16.3 Å². The van der Waals surface area contributed by atoms with Crippen LogP contribution in [0.25, 0.3) is 11.8 Å². The molecule has 2 aliphatic rings. The van der Waals surface area contributed by atoms with E-state index in [1.807, 2.05) is 24.3 Å². The average Bonchev–Trinajstić information content (AvgIpc) is 3.26. The highest BCUT2D eigenvalue weighted by Gasteiger charge is 2.32. The molecular weight excluding hydrogens is 500 g/mol. The molecule has 190 valence electrons. The predicted octanol–water partition coefficient (Wildman–Crippen LogP) is 3.82. The Morgan fingerprint density at radius 3 is 2.63 bits per heavy atom. The van der Waals surface area contributed by atoms with Crippen LogP contribution in [0.3, 0.4) is 0 Å². The molecule has 4 aromatic rings. The number of nitrogens with zero attached hydrogens (tertiary/aromatic N) is 2. The quantitative estimate of drug-likeness (QED) is 0.410. The fourth-order valence-corrected chi connectivity index (χ4v) is 6.18. The molecule has 1 aliphatic heterocycles. The van der Waals surface area contributed by atoms with Gasteiger partial charge in [0.2, 0.25) is 0 Å². The molecule has 3 aromatic carbocycles. The molecule has 0 amide bonds. The Kier molecular flexibility index (Phi) is 5.96. The van der Waals surface area contributed by atoms with Gasteiger partial charge in [-0.05, 0) is 65.4 Å². The van der Waals surface area contributed by atoms with E-state index < -0.39 is 5.97 Å². The number of esters is 1. The first-order valence-electron chi connectivity index (χ1n) is 12.2. The number of hydrogen-bond acceptors (Lipinski definition) is 7. The summed E-state index contributed by atoms with van der Waals surface area (Å²) in [6.07, 6.45) is 3.43. The number of rotatable bonds is 4. The van der Waals surface area contributed by atoms with Crippen molar-refractivity contribution in [3.63, 3.8) is 0 Å². The molecule has 0 radical (unpaired) electrons. The van der Waals surface area contributed by atoms with Gasteiger partial charge in [-0.1, -0.05) is 53.8 Å². The lowest BCUT2D eigenvalue weighted by atomic mass is 9.83. The third-order valence-electron chi connectivity index (χ3n) is 7.02. The van der Waals surface area contributed by atoms with E-state index in [1.165, 1.54) is 31.1 Å². The van der Waals surface area contributed by atoms with Gasteiger partial charge < -0.3 is 14.6 Å². The number of aromatic nitrogens is 1. The summed E-state index contributed by atoms with van der Waals surface area (Å²) < 4.78 is 12.4. The lowest BCUT2D eigenvalue weighted by molar-refractivity contribution is 0.0600. The summed E-state index contributed by atoms with van der Waals surface area (Å²) >= 11 is 1.33. The molecule has 0 saturated carbocycles. The normalized spacial score (nSPS) is 16.3. The van der Waals surface area contributed by atoms with E-state index in [0.717, 1.165) is 40.8 Å². The van der Waals surface area contributed by atoms with Gasteiger partial charge in [-0.2, -0.15) is 0 Å². The van der Waals surface area contributed by atoms with Crippen molar-refractivity contribution in [1.82, 2.24) is 4.57 Å². The van der Waals surface area contributed by atoms with Crippen molar-refractivity contribution in [2.45, 2.75) is 18.9 Å². The van der Waals surface area contributed by atoms with Crippen LogP contribution in [0.1, 0.15) is 45.1 Å². The Labute approximate surface area is 222 Å². The summed E-state index contributed by atoms with van der Waals surface area (Å²) in [6.45, 7) is 0. The van der Waals surface area contributed by atoms with E-state index in [2.05, 4.69) is 12.1 Å². The lowest BCUT2D eigenvalue weighted by Crippen LogP contribution is -2.38. The van der Waals surface area contributed by atoms with Gasteiger partial charge >= 0.3 is 5.97 Å². The van der Waals surface area contributed by atoms with E-state index >= 15 is 0 Å². The molecule has 1 unspecified atom stereocenters. The number of aromatic hydroxyl groups is 1. The average molecular weight is 525 g/mol. The smallest absolute Gasteiger partial charge is 0.337 e. The van der Waals surface area contributed by atoms with Crippen LogP contribution in [-0.4, -0.2) is 29.9 Å². The van der Waals surface area contributed by atoms with Crippen LogP contribution in [0.2, 0.25) is 0 Å². The highest BCUT2D eigenvalue weighted by molar-refractivity contribution is 7.07. The first-order chi connectivity index (χ1) is 18.5. The van der Waals surface area contributed by atoms with Crippen LogP contribution in [-0.2, 0) is 11.2 Å². The van der Waals surface area contributed by atoms with E-state index in [9.17, 15) is 14.7 Å². The number of phenolic OH excluding ortho intramolecular Hbond substituents is 1. The number of aryl methyl sites for hydroxylation is 1. The molecule has 1 aliphatic carbocycles. The van der Waals surface area contributed by atoms with Crippen molar-refractivity contribution in [2.24, 2.45) is 4.99 Å². The molecule has 2 heterocycles. The van der Waals surface area contributed by atoms with Gasteiger partial charge in [-0.25, -0.2) is 9.79 Å². The summed E-state index contributed by atoms with van der Waals surface area (Å²) in [5.41, 5.74) is 6.27. The van der Waals surface area contributed by atoms with Crippen LogP contribution in [0.4, 0.5) is 0 Å². The number of ether oxygens (including phenoxy) is 2. The first kappa shape index (κ1) is 23.9. The van der Waals surface area contributed by atoms with Crippen molar-refractivity contribution in [2.75, 3.05) is 14.2 Å². The standard InChI is InChI=1S/C30H24N2O5S/c1-36-24-15-17(7-14-23(24)33)16-25-28(34)32-27(19-8-10-20(11-9-19)29(35)37-2)22-13-12-18-5-3-4-6-21(18)26(22)31-30(32)38-25/h3-11,14-16,27,33H,12-13H2,1-2H3. The minimum atomic E-state index is -0.406. The molecule has 38 heavy (non-hydrogen) atoms. The molecule has 8 heteroatoms. The highest BCUT2D eigenvalue weighted by atomic mass is 32.1. The Bertz CT molecular complexity index is 1800. The second kappa shape index (κ2) is 9.46. The highest BCUT2D eigenvalue weighted by Crippen LogP contribution is 2.41. The summed E-state index contributed by atoms with van der Waals surface area (Å²) in [5, 5.41) is 9.97. The van der Waals surface area contributed by atoms with Crippen LogP contribution in [0.15, 0.2) is 82.1 Å². The maximum atomic E-state index is 13.9. The molecule has 0 saturated heterocycles. The van der Waals surface area contributed by atoms with Gasteiger partial charge in [0.25, 0.3) is 5.56 Å². The third kappa shape index (κ3) is 3.94. The Balaban J connectivity index is 1.57. The molecule has 6 rings (SSSR count). The fraction of sp³-hybridized carbons (Fsp3) is 0.167. The molecule has 0 spiro atoms. The monoisotopic (exact) mass is 524 g/mol. The third-order valence-corrected chi connectivity index (χ3v) is 8.00. The number of hydrogen-bond donors (Lipinski definition) is 1. The van der Waals surface area contributed by atoms with Gasteiger partial charge in [0.1, 0.15) is 0 Å². The molecule has 0 fully saturated rings. The molecule has 0 bridgehead atoms. The van der Waals surface area contributed by atoms with Crippen molar-refractivity contribution in [3.05, 3.63) is 120 Å². The number of thiazole rings is 1. The van der Waals surface area contributed by atoms with E-state index in [1.54, 1.807) is 41.0 Å². The Hall–Kier alpha value is -4.43. The Morgan fingerprint density at radius 2 is 1.87 bits per heavy atom. The van der Waals surface area contributed by atoms with Crippen molar-refractivity contribution < 1.29 is 19.4 Å². The largest absolute Gasteiger partial charge is 0.504 e. The fourth-order valence-electron chi connectivity index (χ4n) is 5.18. The predicted molar refractivity (Wildman–Crippen MR) is 145 cm³/mol. The lowest BCUT2D eigenvalue weighted by Gasteiger charge is -2.30. The van der Waals surface area contributed by atoms with E-state index in [0.29, 0.717) is 20.6 Å². The summed E-state index contributed by atoms with van der Waals surface area (Å²) in [4.78, 5) is 31.5. The van der Waals surface area contributed by atoms with Crippen LogP contribution >= 0.6 is 11.3 Å². The van der Waals surface area contributed by atoms with Crippen molar-refractivity contribution in [3.8, 4) is 11.5 Å². The van der Waals surface area contributed by atoms with Gasteiger partial charge in [0, 0.05) is 5.56 Å². The van der Waals surface area contributed by atoms with Gasteiger partial charge in [0.05, 0.1) is 36.1 Å². The molecule has 7 nitrogen and oxygen atoms in total. The van der Waals surface area contributed by atoms with Crippen LogP contribution < -0.4 is 19.6 Å². The second-order valence-electron chi connectivity index (χ2n) is 9.16.